The molecule has 0 unspecified atom stereocenters. The summed E-state index contributed by atoms with van der Waals surface area (Å²) in [4.78, 5) is 22.2. The van der Waals surface area contributed by atoms with Gasteiger partial charge in [-0.1, -0.05) is 0 Å². The van der Waals surface area contributed by atoms with E-state index in [0.29, 0.717) is 17.2 Å². The molecule has 0 amide bonds. The molecule has 2 N–H and O–H groups in total. The summed E-state index contributed by atoms with van der Waals surface area (Å²) in [7, 11) is 1.36. The molecule has 0 aliphatic carbocycles. The summed E-state index contributed by atoms with van der Waals surface area (Å²) in [6.45, 7) is 3.42. The molecular weight excluding hydrogens is 232 g/mol. The summed E-state index contributed by atoms with van der Waals surface area (Å²) in [5.41, 5.74) is 6.29. The molecular formula is C12H18N4O2. The third-order valence-electron chi connectivity index (χ3n) is 3.13. The Morgan fingerprint density at radius 3 is 2.78 bits per heavy atom. The molecule has 1 aliphatic heterocycles. The monoisotopic (exact) mass is 250 g/mol. The first kappa shape index (κ1) is 12.8. The standard InChI is InChI=1S/C12H18N4O2/c1-8-14-7-10(12(17)18-2)11(15-8)16-5-3-9(13)4-6-16/h7,9H,3-6,13H2,1-2H3. The van der Waals surface area contributed by atoms with Crippen molar-refractivity contribution in [2.24, 2.45) is 5.73 Å². The van der Waals surface area contributed by atoms with E-state index in [1.807, 2.05) is 0 Å². The lowest BCUT2D eigenvalue weighted by atomic mass is 10.1. The first-order chi connectivity index (χ1) is 8.61. The van der Waals surface area contributed by atoms with Gasteiger partial charge in [0.15, 0.2) is 0 Å². The molecule has 0 atom stereocenters. The number of aryl methyl sites for hydroxylation is 1. The van der Waals surface area contributed by atoms with E-state index in [1.165, 1.54) is 13.3 Å². The van der Waals surface area contributed by atoms with Gasteiger partial charge in [-0.15, -0.1) is 0 Å². The van der Waals surface area contributed by atoms with Crippen LogP contribution < -0.4 is 10.6 Å². The van der Waals surface area contributed by atoms with Crippen LogP contribution in [0.1, 0.15) is 29.0 Å². The van der Waals surface area contributed by atoms with Crippen LogP contribution in [0, 0.1) is 6.92 Å². The zero-order chi connectivity index (χ0) is 13.1. The van der Waals surface area contributed by atoms with Gasteiger partial charge in [0.1, 0.15) is 17.2 Å². The number of anilines is 1. The highest BCUT2D eigenvalue weighted by Crippen LogP contribution is 2.22. The highest BCUT2D eigenvalue weighted by atomic mass is 16.5. The number of ether oxygens (including phenoxy) is 1. The second kappa shape index (κ2) is 5.30. The van der Waals surface area contributed by atoms with E-state index in [0.717, 1.165) is 25.9 Å². The lowest BCUT2D eigenvalue weighted by molar-refractivity contribution is 0.0600. The summed E-state index contributed by atoms with van der Waals surface area (Å²) >= 11 is 0. The number of hydrogen-bond acceptors (Lipinski definition) is 6. The Hall–Kier alpha value is -1.69. The van der Waals surface area contributed by atoms with Crippen molar-refractivity contribution < 1.29 is 9.53 Å². The van der Waals surface area contributed by atoms with Gasteiger partial charge >= 0.3 is 5.97 Å². The Kier molecular flexibility index (Phi) is 3.76. The van der Waals surface area contributed by atoms with E-state index in [2.05, 4.69) is 14.9 Å². The summed E-state index contributed by atoms with van der Waals surface area (Å²) in [5, 5.41) is 0. The molecule has 0 aromatic carbocycles. The van der Waals surface area contributed by atoms with Gasteiger partial charge in [0, 0.05) is 25.3 Å². The van der Waals surface area contributed by atoms with Crippen molar-refractivity contribution in [1.29, 1.82) is 0 Å². The van der Waals surface area contributed by atoms with Crippen LogP contribution in [0.4, 0.5) is 5.82 Å². The molecule has 1 fully saturated rings. The number of nitrogens with two attached hydrogens (primary N) is 1. The molecule has 2 rings (SSSR count). The Morgan fingerprint density at radius 2 is 2.17 bits per heavy atom. The van der Waals surface area contributed by atoms with E-state index in [1.54, 1.807) is 6.92 Å². The fraction of sp³-hybridized carbons (Fsp3) is 0.583. The highest BCUT2D eigenvalue weighted by molar-refractivity contribution is 5.94. The zero-order valence-corrected chi connectivity index (χ0v) is 10.7. The van der Waals surface area contributed by atoms with Crippen molar-refractivity contribution in [1.82, 2.24) is 9.97 Å². The van der Waals surface area contributed by atoms with E-state index in [-0.39, 0.29) is 6.04 Å². The van der Waals surface area contributed by atoms with Crippen LogP contribution in [0.3, 0.4) is 0 Å². The Balaban J connectivity index is 2.30. The number of aromatic nitrogens is 2. The topological polar surface area (TPSA) is 81.3 Å². The van der Waals surface area contributed by atoms with Crippen molar-refractivity contribution in [3.05, 3.63) is 17.6 Å². The molecule has 6 heteroatoms. The van der Waals surface area contributed by atoms with Crippen LogP contribution in [-0.2, 0) is 4.74 Å². The number of piperidine rings is 1. The van der Waals surface area contributed by atoms with Gasteiger partial charge in [-0.25, -0.2) is 14.8 Å². The fourth-order valence-corrected chi connectivity index (χ4v) is 2.06. The average Bonchev–Trinajstić information content (AvgIpc) is 2.38. The largest absolute Gasteiger partial charge is 0.465 e. The SMILES string of the molecule is COC(=O)c1cnc(C)nc1N1CCC(N)CC1. The smallest absolute Gasteiger partial charge is 0.343 e. The minimum atomic E-state index is -0.403. The quantitative estimate of drug-likeness (QED) is 0.770. The summed E-state index contributed by atoms with van der Waals surface area (Å²) in [6, 6.07) is 0.241. The lowest BCUT2D eigenvalue weighted by Gasteiger charge is -2.31. The number of rotatable bonds is 2. The first-order valence-corrected chi connectivity index (χ1v) is 6.04. The van der Waals surface area contributed by atoms with E-state index in [9.17, 15) is 4.79 Å². The highest BCUT2D eigenvalue weighted by Gasteiger charge is 2.23. The molecule has 6 nitrogen and oxygen atoms in total. The van der Waals surface area contributed by atoms with Gasteiger partial charge in [0.05, 0.1) is 7.11 Å². The lowest BCUT2D eigenvalue weighted by Crippen LogP contribution is -2.40. The number of esters is 1. The normalized spacial score (nSPS) is 16.7. The van der Waals surface area contributed by atoms with Crippen molar-refractivity contribution in [3.63, 3.8) is 0 Å². The van der Waals surface area contributed by atoms with Crippen LogP contribution in [0.2, 0.25) is 0 Å². The van der Waals surface area contributed by atoms with Crippen molar-refractivity contribution >= 4 is 11.8 Å². The van der Waals surface area contributed by atoms with E-state index in [4.69, 9.17) is 10.5 Å². The van der Waals surface area contributed by atoms with Gasteiger partial charge in [-0.05, 0) is 19.8 Å². The van der Waals surface area contributed by atoms with Gasteiger partial charge in [0.25, 0.3) is 0 Å². The van der Waals surface area contributed by atoms with Crippen LogP contribution in [0.5, 0.6) is 0 Å². The summed E-state index contributed by atoms with van der Waals surface area (Å²) in [5.74, 6) is 0.897. The number of carbonyl (C=O) groups excluding carboxylic acids is 1. The number of nitrogens with zero attached hydrogens (tertiary/aromatic N) is 3. The molecule has 1 aromatic heterocycles. The molecule has 0 spiro atoms. The van der Waals surface area contributed by atoms with Crippen LogP contribution >= 0.6 is 0 Å². The van der Waals surface area contributed by atoms with E-state index < -0.39 is 5.97 Å². The van der Waals surface area contributed by atoms with Crippen molar-refractivity contribution in [2.75, 3.05) is 25.1 Å². The summed E-state index contributed by atoms with van der Waals surface area (Å²) in [6.07, 6.45) is 3.34. The Labute approximate surface area is 106 Å². The summed E-state index contributed by atoms with van der Waals surface area (Å²) < 4.78 is 4.76. The first-order valence-electron chi connectivity index (χ1n) is 6.04. The number of hydrogen-bond donors (Lipinski definition) is 1. The van der Waals surface area contributed by atoms with Crippen LogP contribution in [0.25, 0.3) is 0 Å². The molecule has 0 radical (unpaired) electrons. The van der Waals surface area contributed by atoms with Crippen LogP contribution in [0.15, 0.2) is 6.20 Å². The predicted molar refractivity (Wildman–Crippen MR) is 67.5 cm³/mol. The van der Waals surface area contributed by atoms with Crippen molar-refractivity contribution in [2.45, 2.75) is 25.8 Å². The second-order valence-corrected chi connectivity index (χ2v) is 4.47. The molecule has 0 bridgehead atoms. The maximum atomic E-state index is 11.7. The third-order valence-corrected chi connectivity index (χ3v) is 3.13. The second-order valence-electron chi connectivity index (χ2n) is 4.47. The average molecular weight is 250 g/mol. The molecule has 2 heterocycles. The predicted octanol–water partition coefficient (Wildman–Crippen LogP) is 0.499. The maximum Gasteiger partial charge on any atom is 0.343 e. The molecule has 18 heavy (non-hydrogen) atoms. The Bertz CT molecular complexity index is 442. The minimum absolute atomic E-state index is 0.241. The van der Waals surface area contributed by atoms with Crippen molar-refractivity contribution in [3.8, 4) is 0 Å². The molecule has 98 valence electrons. The minimum Gasteiger partial charge on any atom is -0.465 e. The van der Waals surface area contributed by atoms with Gasteiger partial charge in [0.2, 0.25) is 0 Å². The van der Waals surface area contributed by atoms with Gasteiger partial charge in [-0.3, -0.25) is 0 Å². The maximum absolute atomic E-state index is 11.7. The molecule has 0 saturated carbocycles. The molecule has 1 aromatic rings. The molecule has 1 saturated heterocycles. The third kappa shape index (κ3) is 2.59. The van der Waals surface area contributed by atoms with Gasteiger partial charge in [-0.2, -0.15) is 0 Å². The fourth-order valence-electron chi connectivity index (χ4n) is 2.06. The Morgan fingerprint density at radius 1 is 1.50 bits per heavy atom. The zero-order valence-electron chi connectivity index (χ0n) is 10.7. The molecule has 1 aliphatic rings. The van der Waals surface area contributed by atoms with Crippen LogP contribution in [-0.4, -0.2) is 42.2 Å². The number of carbonyl (C=O) groups is 1. The van der Waals surface area contributed by atoms with E-state index >= 15 is 0 Å². The van der Waals surface area contributed by atoms with Gasteiger partial charge < -0.3 is 15.4 Å². The number of methoxy groups -OCH3 is 1.